The van der Waals surface area contributed by atoms with Crippen molar-refractivity contribution in [1.29, 1.82) is 0 Å². The summed E-state index contributed by atoms with van der Waals surface area (Å²) in [5.41, 5.74) is 2.42. The van der Waals surface area contributed by atoms with Crippen molar-refractivity contribution in [2.75, 3.05) is 20.6 Å². The second-order valence-electron chi connectivity index (χ2n) is 5.68. The number of carbonyl (C=O) groups excluding carboxylic acids is 1. The normalized spacial score (nSPS) is 12.1. The maximum absolute atomic E-state index is 12.0. The summed E-state index contributed by atoms with van der Waals surface area (Å²) >= 11 is 0. The molecule has 2 aromatic rings. The van der Waals surface area contributed by atoms with Gasteiger partial charge in [0.25, 0.3) is 0 Å². The van der Waals surface area contributed by atoms with E-state index in [4.69, 9.17) is 0 Å². The smallest absolute Gasteiger partial charge is 0.220 e. The molecule has 0 aliphatic heterocycles. The molecule has 0 fully saturated rings. The van der Waals surface area contributed by atoms with Gasteiger partial charge in [-0.25, -0.2) is 0 Å². The molecule has 0 heterocycles. The Labute approximate surface area is 133 Å². The minimum absolute atomic E-state index is 0.103. The zero-order valence-electron chi connectivity index (χ0n) is 13.3. The third-order valence-electron chi connectivity index (χ3n) is 3.78. The molecular formula is C19H24N2O. The Morgan fingerprint density at radius 2 is 1.59 bits per heavy atom. The fourth-order valence-electron chi connectivity index (χ4n) is 2.48. The van der Waals surface area contributed by atoms with Crippen molar-refractivity contribution in [3.63, 3.8) is 0 Å². The molecule has 1 N–H and O–H groups in total. The van der Waals surface area contributed by atoms with E-state index in [1.165, 1.54) is 11.1 Å². The van der Waals surface area contributed by atoms with E-state index in [1.54, 1.807) is 0 Å². The molecule has 0 spiro atoms. The SMILES string of the molecule is CN(C)C(CNC(=O)CCc1ccccc1)c1ccccc1. The van der Waals surface area contributed by atoms with Crippen molar-refractivity contribution in [1.82, 2.24) is 10.2 Å². The van der Waals surface area contributed by atoms with Gasteiger partial charge in [-0.15, -0.1) is 0 Å². The van der Waals surface area contributed by atoms with Crippen molar-refractivity contribution in [3.8, 4) is 0 Å². The number of nitrogens with one attached hydrogen (secondary N) is 1. The average Bonchev–Trinajstić information content (AvgIpc) is 2.55. The van der Waals surface area contributed by atoms with Crippen LogP contribution in [0.1, 0.15) is 23.6 Å². The van der Waals surface area contributed by atoms with Crippen LogP contribution in [0.3, 0.4) is 0 Å². The summed E-state index contributed by atoms with van der Waals surface area (Å²) in [6.07, 6.45) is 1.31. The molecule has 0 aliphatic rings. The molecule has 22 heavy (non-hydrogen) atoms. The Morgan fingerprint density at radius 1 is 1.00 bits per heavy atom. The molecule has 1 atom stereocenters. The van der Waals surface area contributed by atoms with E-state index in [0.29, 0.717) is 13.0 Å². The monoisotopic (exact) mass is 296 g/mol. The van der Waals surface area contributed by atoms with Gasteiger partial charge in [0.1, 0.15) is 0 Å². The third kappa shape index (κ3) is 5.01. The summed E-state index contributed by atoms with van der Waals surface area (Å²) in [5, 5.41) is 3.05. The van der Waals surface area contributed by atoms with Crippen LogP contribution in [0.2, 0.25) is 0 Å². The van der Waals surface area contributed by atoms with Crippen LogP contribution in [0.5, 0.6) is 0 Å². The van der Waals surface area contributed by atoms with Gasteiger partial charge in [-0.3, -0.25) is 4.79 Å². The highest BCUT2D eigenvalue weighted by Gasteiger charge is 2.14. The van der Waals surface area contributed by atoms with E-state index < -0.39 is 0 Å². The van der Waals surface area contributed by atoms with Crippen LogP contribution in [-0.2, 0) is 11.2 Å². The van der Waals surface area contributed by atoms with E-state index in [9.17, 15) is 4.79 Å². The molecule has 0 saturated heterocycles. The van der Waals surface area contributed by atoms with Crippen LogP contribution < -0.4 is 5.32 Å². The fourth-order valence-corrected chi connectivity index (χ4v) is 2.48. The molecule has 0 aromatic heterocycles. The molecule has 2 aromatic carbocycles. The Kier molecular flexibility index (Phi) is 6.16. The highest BCUT2D eigenvalue weighted by molar-refractivity contribution is 5.76. The topological polar surface area (TPSA) is 32.3 Å². The second-order valence-corrected chi connectivity index (χ2v) is 5.68. The van der Waals surface area contributed by atoms with Gasteiger partial charge < -0.3 is 10.2 Å². The van der Waals surface area contributed by atoms with Crippen LogP contribution in [-0.4, -0.2) is 31.4 Å². The second kappa shape index (κ2) is 8.35. The first-order valence-corrected chi connectivity index (χ1v) is 7.69. The lowest BCUT2D eigenvalue weighted by Crippen LogP contribution is -2.34. The predicted molar refractivity (Wildman–Crippen MR) is 90.6 cm³/mol. The number of rotatable bonds is 7. The van der Waals surface area contributed by atoms with E-state index in [-0.39, 0.29) is 11.9 Å². The largest absolute Gasteiger partial charge is 0.354 e. The number of aryl methyl sites for hydroxylation is 1. The quantitative estimate of drug-likeness (QED) is 0.852. The minimum Gasteiger partial charge on any atom is -0.354 e. The Balaban J connectivity index is 1.83. The van der Waals surface area contributed by atoms with Gasteiger partial charge >= 0.3 is 0 Å². The number of hydrogen-bond donors (Lipinski definition) is 1. The van der Waals surface area contributed by atoms with Crippen LogP contribution in [0.4, 0.5) is 0 Å². The van der Waals surface area contributed by atoms with E-state index >= 15 is 0 Å². The molecule has 116 valence electrons. The van der Waals surface area contributed by atoms with Gasteiger partial charge in [-0.2, -0.15) is 0 Å². The maximum atomic E-state index is 12.0. The van der Waals surface area contributed by atoms with Crippen molar-refractivity contribution in [2.45, 2.75) is 18.9 Å². The maximum Gasteiger partial charge on any atom is 0.220 e. The first-order valence-electron chi connectivity index (χ1n) is 7.69. The van der Waals surface area contributed by atoms with Crippen molar-refractivity contribution < 1.29 is 4.79 Å². The fraction of sp³-hybridized carbons (Fsp3) is 0.316. The molecule has 3 nitrogen and oxygen atoms in total. The lowest BCUT2D eigenvalue weighted by molar-refractivity contribution is -0.121. The number of carbonyl (C=O) groups is 1. The summed E-state index contributed by atoms with van der Waals surface area (Å²) < 4.78 is 0. The van der Waals surface area contributed by atoms with Crippen molar-refractivity contribution >= 4 is 5.91 Å². The zero-order chi connectivity index (χ0) is 15.8. The van der Waals surface area contributed by atoms with Gasteiger partial charge in [-0.1, -0.05) is 60.7 Å². The number of likely N-dealkylation sites (N-methyl/N-ethyl adjacent to an activating group) is 1. The number of hydrogen-bond acceptors (Lipinski definition) is 2. The lowest BCUT2D eigenvalue weighted by atomic mass is 10.1. The number of amides is 1. The van der Waals surface area contributed by atoms with Gasteiger partial charge in [-0.05, 0) is 31.6 Å². The predicted octanol–water partition coefficient (Wildman–Crippen LogP) is 3.04. The van der Waals surface area contributed by atoms with E-state index in [1.807, 2.05) is 50.5 Å². The van der Waals surface area contributed by atoms with Crippen LogP contribution in [0.25, 0.3) is 0 Å². The Bertz CT molecular complexity index is 567. The standard InChI is InChI=1S/C19H24N2O/c1-21(2)18(17-11-7-4-8-12-17)15-20-19(22)14-13-16-9-5-3-6-10-16/h3-12,18H,13-15H2,1-2H3,(H,20,22). The van der Waals surface area contributed by atoms with Crippen LogP contribution >= 0.6 is 0 Å². The molecule has 3 heteroatoms. The van der Waals surface area contributed by atoms with E-state index in [0.717, 1.165) is 6.42 Å². The van der Waals surface area contributed by atoms with Crippen LogP contribution in [0, 0.1) is 0 Å². The van der Waals surface area contributed by atoms with Crippen molar-refractivity contribution in [2.24, 2.45) is 0 Å². The summed E-state index contributed by atoms with van der Waals surface area (Å²) in [5.74, 6) is 0.103. The molecule has 0 bridgehead atoms. The molecule has 0 saturated carbocycles. The molecule has 1 amide bonds. The minimum atomic E-state index is 0.103. The van der Waals surface area contributed by atoms with Gasteiger partial charge in [0, 0.05) is 13.0 Å². The van der Waals surface area contributed by atoms with Gasteiger partial charge in [0.05, 0.1) is 6.04 Å². The summed E-state index contributed by atoms with van der Waals surface area (Å²) in [4.78, 5) is 14.2. The van der Waals surface area contributed by atoms with Crippen LogP contribution in [0.15, 0.2) is 60.7 Å². The first-order chi connectivity index (χ1) is 10.7. The highest BCUT2D eigenvalue weighted by Crippen LogP contribution is 2.16. The van der Waals surface area contributed by atoms with Crippen molar-refractivity contribution in [3.05, 3.63) is 71.8 Å². The molecule has 1 unspecified atom stereocenters. The van der Waals surface area contributed by atoms with Gasteiger partial charge in [0.2, 0.25) is 5.91 Å². The Morgan fingerprint density at radius 3 is 2.18 bits per heavy atom. The average molecular weight is 296 g/mol. The summed E-state index contributed by atoms with van der Waals surface area (Å²) in [7, 11) is 4.07. The zero-order valence-corrected chi connectivity index (χ0v) is 13.3. The molecule has 0 radical (unpaired) electrons. The molecule has 0 aliphatic carbocycles. The molecule has 2 rings (SSSR count). The number of nitrogens with zero attached hydrogens (tertiary/aromatic N) is 1. The Hall–Kier alpha value is -2.13. The highest BCUT2D eigenvalue weighted by atomic mass is 16.1. The van der Waals surface area contributed by atoms with Gasteiger partial charge in [0.15, 0.2) is 0 Å². The summed E-state index contributed by atoms with van der Waals surface area (Å²) in [6, 6.07) is 20.6. The lowest BCUT2D eigenvalue weighted by Gasteiger charge is -2.25. The van der Waals surface area contributed by atoms with E-state index in [2.05, 4.69) is 34.5 Å². The molecular weight excluding hydrogens is 272 g/mol. The number of benzene rings is 2. The first kappa shape index (κ1) is 16.2. The summed E-state index contributed by atoms with van der Waals surface area (Å²) in [6.45, 7) is 0.630. The third-order valence-corrected chi connectivity index (χ3v) is 3.78.